The van der Waals surface area contributed by atoms with Crippen molar-refractivity contribution in [2.45, 2.75) is 32.2 Å². The number of hydrogen-bond acceptors (Lipinski definition) is 4. The first kappa shape index (κ1) is 13.5. The monoisotopic (exact) mass is 252 g/mol. The SMILES string of the molecule is COCCNCCCNCc1n[nH]c2c1CCC2. The van der Waals surface area contributed by atoms with Gasteiger partial charge in [0, 0.05) is 25.9 Å². The van der Waals surface area contributed by atoms with Crippen LogP contribution in [0.1, 0.15) is 29.8 Å². The molecular weight excluding hydrogens is 228 g/mol. The van der Waals surface area contributed by atoms with Gasteiger partial charge in [-0.25, -0.2) is 0 Å². The summed E-state index contributed by atoms with van der Waals surface area (Å²) in [5.74, 6) is 0. The number of ether oxygens (including phenoxy) is 1. The lowest BCUT2D eigenvalue weighted by atomic mass is 10.2. The molecule has 1 aliphatic rings. The van der Waals surface area contributed by atoms with Crippen molar-refractivity contribution < 1.29 is 4.74 Å². The minimum atomic E-state index is 0.785. The first-order valence-corrected chi connectivity index (χ1v) is 6.87. The fraction of sp³-hybridized carbons (Fsp3) is 0.769. The third-order valence-electron chi connectivity index (χ3n) is 3.37. The van der Waals surface area contributed by atoms with E-state index < -0.39 is 0 Å². The molecule has 2 rings (SSSR count). The fourth-order valence-electron chi connectivity index (χ4n) is 2.38. The van der Waals surface area contributed by atoms with Gasteiger partial charge in [-0.15, -0.1) is 0 Å². The Labute approximate surface area is 109 Å². The second-order valence-electron chi connectivity index (χ2n) is 4.75. The maximum Gasteiger partial charge on any atom is 0.0794 e. The highest BCUT2D eigenvalue weighted by Crippen LogP contribution is 2.22. The van der Waals surface area contributed by atoms with Gasteiger partial charge >= 0.3 is 0 Å². The zero-order valence-electron chi connectivity index (χ0n) is 11.2. The van der Waals surface area contributed by atoms with Crippen LogP contribution < -0.4 is 10.6 Å². The molecule has 3 N–H and O–H groups in total. The topological polar surface area (TPSA) is 62.0 Å². The molecule has 1 aromatic rings. The predicted octanol–water partition coefficient (Wildman–Crippen LogP) is 0.614. The number of aromatic amines is 1. The number of hydrogen-bond donors (Lipinski definition) is 3. The first-order chi connectivity index (χ1) is 8.92. The summed E-state index contributed by atoms with van der Waals surface area (Å²) in [6.07, 6.45) is 4.78. The van der Waals surface area contributed by atoms with Gasteiger partial charge < -0.3 is 15.4 Å². The molecule has 0 aromatic carbocycles. The van der Waals surface area contributed by atoms with E-state index in [0.717, 1.165) is 39.2 Å². The Bertz CT molecular complexity index is 351. The van der Waals surface area contributed by atoms with Gasteiger partial charge in [0.2, 0.25) is 0 Å². The summed E-state index contributed by atoms with van der Waals surface area (Å²) in [5, 5.41) is 14.3. The van der Waals surface area contributed by atoms with Crippen molar-refractivity contribution >= 4 is 0 Å². The average molecular weight is 252 g/mol. The minimum absolute atomic E-state index is 0.785. The minimum Gasteiger partial charge on any atom is -0.383 e. The maximum absolute atomic E-state index is 4.97. The molecule has 0 radical (unpaired) electrons. The molecular formula is C13H24N4O. The lowest BCUT2D eigenvalue weighted by Crippen LogP contribution is -2.24. The molecule has 0 saturated carbocycles. The summed E-state index contributed by atoms with van der Waals surface area (Å²) in [6, 6.07) is 0. The molecule has 0 amide bonds. The van der Waals surface area contributed by atoms with E-state index in [0.29, 0.717) is 0 Å². The number of rotatable bonds is 9. The van der Waals surface area contributed by atoms with Crippen molar-refractivity contribution in [1.82, 2.24) is 20.8 Å². The molecule has 1 aliphatic carbocycles. The number of nitrogens with zero attached hydrogens (tertiary/aromatic N) is 1. The zero-order chi connectivity index (χ0) is 12.6. The average Bonchev–Trinajstić information content (AvgIpc) is 2.96. The highest BCUT2D eigenvalue weighted by atomic mass is 16.5. The van der Waals surface area contributed by atoms with Gasteiger partial charge in [-0.1, -0.05) is 0 Å². The van der Waals surface area contributed by atoms with Gasteiger partial charge in [-0.2, -0.15) is 5.10 Å². The van der Waals surface area contributed by atoms with E-state index in [1.54, 1.807) is 7.11 Å². The Morgan fingerprint density at radius 3 is 3.00 bits per heavy atom. The van der Waals surface area contributed by atoms with Crippen molar-refractivity contribution in [2.75, 3.05) is 33.4 Å². The van der Waals surface area contributed by atoms with Crippen LogP contribution in [0.2, 0.25) is 0 Å². The summed E-state index contributed by atoms with van der Waals surface area (Å²) in [5.41, 5.74) is 4.03. The van der Waals surface area contributed by atoms with Crippen molar-refractivity contribution in [3.8, 4) is 0 Å². The van der Waals surface area contributed by atoms with Crippen LogP contribution in [0.15, 0.2) is 0 Å². The lowest BCUT2D eigenvalue weighted by Gasteiger charge is -2.05. The molecule has 0 fully saturated rings. The molecule has 18 heavy (non-hydrogen) atoms. The van der Waals surface area contributed by atoms with Crippen LogP contribution in [0.25, 0.3) is 0 Å². The van der Waals surface area contributed by atoms with Gasteiger partial charge in [-0.05, 0) is 44.3 Å². The third-order valence-corrected chi connectivity index (χ3v) is 3.37. The Kier molecular flexibility index (Phi) is 5.64. The van der Waals surface area contributed by atoms with Crippen LogP contribution in [-0.4, -0.2) is 43.5 Å². The molecule has 0 saturated heterocycles. The Hall–Kier alpha value is -0.910. The quantitative estimate of drug-likeness (QED) is 0.564. The van der Waals surface area contributed by atoms with E-state index in [9.17, 15) is 0 Å². The highest BCUT2D eigenvalue weighted by molar-refractivity contribution is 5.29. The summed E-state index contributed by atoms with van der Waals surface area (Å²) in [7, 11) is 1.73. The Morgan fingerprint density at radius 2 is 2.11 bits per heavy atom. The smallest absolute Gasteiger partial charge is 0.0794 e. The van der Waals surface area contributed by atoms with Crippen LogP contribution in [0, 0.1) is 0 Å². The summed E-state index contributed by atoms with van der Waals surface area (Å²) < 4.78 is 4.97. The normalized spacial score (nSPS) is 14.1. The van der Waals surface area contributed by atoms with Gasteiger partial charge in [0.25, 0.3) is 0 Å². The number of methoxy groups -OCH3 is 1. The maximum atomic E-state index is 4.97. The molecule has 1 aromatic heterocycles. The second kappa shape index (κ2) is 7.51. The van der Waals surface area contributed by atoms with E-state index in [2.05, 4.69) is 20.8 Å². The van der Waals surface area contributed by atoms with Crippen LogP contribution in [-0.2, 0) is 24.1 Å². The van der Waals surface area contributed by atoms with Gasteiger partial charge in [0.05, 0.1) is 12.3 Å². The molecule has 0 bridgehead atoms. The van der Waals surface area contributed by atoms with E-state index in [-0.39, 0.29) is 0 Å². The standard InChI is InChI=1S/C13H24N4O/c1-18-9-8-14-6-3-7-15-10-13-11-4-2-5-12(11)16-17-13/h14-15H,2-10H2,1H3,(H,16,17). The fourth-order valence-corrected chi connectivity index (χ4v) is 2.38. The summed E-state index contributed by atoms with van der Waals surface area (Å²) in [6.45, 7) is 4.68. The van der Waals surface area contributed by atoms with E-state index >= 15 is 0 Å². The van der Waals surface area contributed by atoms with Crippen LogP contribution >= 0.6 is 0 Å². The first-order valence-electron chi connectivity index (χ1n) is 6.87. The number of fused-ring (bicyclic) bond motifs is 1. The largest absolute Gasteiger partial charge is 0.383 e. The molecule has 0 aliphatic heterocycles. The van der Waals surface area contributed by atoms with Crippen molar-refractivity contribution in [3.63, 3.8) is 0 Å². The predicted molar refractivity (Wildman–Crippen MR) is 71.7 cm³/mol. The Balaban J connectivity index is 1.53. The molecule has 102 valence electrons. The van der Waals surface area contributed by atoms with Crippen molar-refractivity contribution in [3.05, 3.63) is 17.0 Å². The second-order valence-corrected chi connectivity index (χ2v) is 4.75. The summed E-state index contributed by atoms with van der Waals surface area (Å²) in [4.78, 5) is 0. The van der Waals surface area contributed by atoms with Gasteiger partial charge in [-0.3, -0.25) is 5.10 Å². The van der Waals surface area contributed by atoms with Crippen molar-refractivity contribution in [2.24, 2.45) is 0 Å². The number of H-pyrrole nitrogens is 1. The van der Waals surface area contributed by atoms with Crippen molar-refractivity contribution in [1.29, 1.82) is 0 Å². The zero-order valence-corrected chi connectivity index (χ0v) is 11.2. The summed E-state index contributed by atoms with van der Waals surface area (Å²) >= 11 is 0. The van der Waals surface area contributed by atoms with Gasteiger partial charge in [0.15, 0.2) is 0 Å². The lowest BCUT2D eigenvalue weighted by molar-refractivity contribution is 0.199. The van der Waals surface area contributed by atoms with Crippen LogP contribution in [0.5, 0.6) is 0 Å². The molecule has 1 heterocycles. The number of aryl methyl sites for hydroxylation is 1. The van der Waals surface area contributed by atoms with E-state index in [1.165, 1.54) is 36.2 Å². The van der Waals surface area contributed by atoms with E-state index in [4.69, 9.17) is 4.74 Å². The molecule has 0 atom stereocenters. The number of nitrogens with one attached hydrogen (secondary N) is 3. The molecule has 5 nitrogen and oxygen atoms in total. The number of aromatic nitrogens is 2. The third kappa shape index (κ3) is 3.80. The molecule has 5 heteroatoms. The molecule has 0 unspecified atom stereocenters. The molecule has 0 spiro atoms. The van der Waals surface area contributed by atoms with Crippen LogP contribution in [0.3, 0.4) is 0 Å². The van der Waals surface area contributed by atoms with E-state index in [1.807, 2.05) is 0 Å². The van der Waals surface area contributed by atoms with Crippen LogP contribution in [0.4, 0.5) is 0 Å². The Morgan fingerprint density at radius 1 is 1.22 bits per heavy atom. The highest BCUT2D eigenvalue weighted by Gasteiger charge is 2.17. The van der Waals surface area contributed by atoms with Gasteiger partial charge in [0.1, 0.15) is 0 Å².